The monoisotopic (exact) mass is 529 g/mol. The van der Waals surface area contributed by atoms with Crippen molar-refractivity contribution in [2.75, 3.05) is 0 Å². The van der Waals surface area contributed by atoms with E-state index in [-0.39, 0.29) is 18.5 Å². The summed E-state index contributed by atoms with van der Waals surface area (Å²) in [5, 5.41) is 9.39. The van der Waals surface area contributed by atoms with Gasteiger partial charge in [0.2, 0.25) is 0 Å². The number of amides is 1. The van der Waals surface area contributed by atoms with Gasteiger partial charge in [-0.1, -0.05) is 101 Å². The normalized spacial score (nSPS) is 11.9. The summed E-state index contributed by atoms with van der Waals surface area (Å²) in [6.07, 6.45) is 6.22. The zero-order chi connectivity index (χ0) is 28.0. The van der Waals surface area contributed by atoms with Crippen molar-refractivity contribution < 1.29 is 27.9 Å². The fourth-order valence-electron chi connectivity index (χ4n) is 4.50. The molecule has 0 aromatic heterocycles. The third-order valence-corrected chi connectivity index (χ3v) is 6.53. The third-order valence-electron chi connectivity index (χ3n) is 6.53. The molecule has 0 radical (unpaired) electrons. The summed E-state index contributed by atoms with van der Waals surface area (Å²) in [7, 11) is 0. The van der Waals surface area contributed by atoms with E-state index in [9.17, 15) is 27.9 Å². The molecule has 0 spiro atoms. The molecule has 0 aliphatic carbocycles. The number of halogens is 3. The number of hydrogen-bond acceptors (Lipinski definition) is 2. The van der Waals surface area contributed by atoms with Crippen LogP contribution in [-0.4, -0.2) is 21.9 Å². The standard InChI is InChI=1S/C31H38F3NO3/c1-3-5-6-7-8-9-10-11-12-13-16-24-19-21-25(22-20-24)23-35(29(36)30(37)38)28(4-2)26-17-14-15-18-27(26)31(32,33)34/h14-15,17-22,28H,3-12,23H2,1-2H3,(H,37,38). The first-order valence-electron chi connectivity index (χ1n) is 13.5. The minimum Gasteiger partial charge on any atom is -0.474 e. The van der Waals surface area contributed by atoms with Crippen LogP contribution >= 0.6 is 0 Å². The molecule has 0 saturated carbocycles. The summed E-state index contributed by atoms with van der Waals surface area (Å²) in [5.41, 5.74) is 0.396. The number of nitrogens with zero attached hydrogens (tertiary/aromatic N) is 1. The molecule has 0 aliphatic heterocycles. The number of rotatable bonds is 13. The van der Waals surface area contributed by atoms with Crippen LogP contribution < -0.4 is 0 Å². The van der Waals surface area contributed by atoms with Crippen LogP contribution in [0.4, 0.5) is 13.2 Å². The van der Waals surface area contributed by atoms with Gasteiger partial charge < -0.3 is 10.0 Å². The second-order valence-corrected chi connectivity index (χ2v) is 9.47. The molecule has 0 fully saturated rings. The van der Waals surface area contributed by atoms with Crippen LogP contribution in [0.25, 0.3) is 0 Å². The van der Waals surface area contributed by atoms with E-state index in [0.29, 0.717) is 5.56 Å². The maximum absolute atomic E-state index is 13.7. The highest BCUT2D eigenvalue weighted by molar-refractivity contribution is 6.31. The lowest BCUT2D eigenvalue weighted by molar-refractivity contribution is -0.158. The van der Waals surface area contributed by atoms with Gasteiger partial charge in [0.15, 0.2) is 0 Å². The Labute approximate surface area is 224 Å². The highest BCUT2D eigenvalue weighted by Crippen LogP contribution is 2.38. The minimum absolute atomic E-state index is 0.119. The first kappa shape index (κ1) is 31.0. The van der Waals surface area contributed by atoms with Gasteiger partial charge in [-0.3, -0.25) is 4.79 Å². The van der Waals surface area contributed by atoms with Crippen LogP contribution in [-0.2, 0) is 22.3 Å². The Morgan fingerprint density at radius 1 is 0.895 bits per heavy atom. The van der Waals surface area contributed by atoms with E-state index in [1.165, 1.54) is 63.1 Å². The average molecular weight is 530 g/mol. The summed E-state index contributed by atoms with van der Waals surface area (Å²) >= 11 is 0. The number of carboxylic acids is 1. The van der Waals surface area contributed by atoms with E-state index < -0.39 is 29.7 Å². The van der Waals surface area contributed by atoms with Crippen molar-refractivity contribution in [1.29, 1.82) is 0 Å². The maximum Gasteiger partial charge on any atom is 0.416 e. The Morgan fingerprint density at radius 2 is 1.50 bits per heavy atom. The highest BCUT2D eigenvalue weighted by Gasteiger charge is 2.37. The predicted octanol–water partition coefficient (Wildman–Crippen LogP) is 8.15. The number of carbonyl (C=O) groups excluding carboxylic acids is 1. The molecule has 206 valence electrons. The number of unbranched alkanes of at least 4 members (excludes halogenated alkanes) is 8. The fraction of sp³-hybridized carbons (Fsp3) is 0.484. The molecular formula is C31H38F3NO3. The molecule has 2 aromatic rings. The largest absolute Gasteiger partial charge is 0.474 e. The van der Waals surface area contributed by atoms with Crippen molar-refractivity contribution in [3.8, 4) is 11.8 Å². The van der Waals surface area contributed by atoms with Crippen molar-refractivity contribution in [2.45, 2.75) is 96.8 Å². The second-order valence-electron chi connectivity index (χ2n) is 9.47. The van der Waals surface area contributed by atoms with Crippen molar-refractivity contribution in [2.24, 2.45) is 0 Å². The molecule has 2 rings (SSSR count). The lowest BCUT2D eigenvalue weighted by atomic mass is 9.96. The van der Waals surface area contributed by atoms with Crippen LogP contribution in [0.15, 0.2) is 48.5 Å². The minimum atomic E-state index is -4.63. The van der Waals surface area contributed by atoms with Crippen LogP contribution in [0.5, 0.6) is 0 Å². The SMILES string of the molecule is CCCCCCCCCCC#Cc1ccc(CN(C(=O)C(=O)O)C(CC)c2ccccc2C(F)(F)F)cc1. The lowest BCUT2D eigenvalue weighted by Crippen LogP contribution is -2.39. The maximum atomic E-state index is 13.7. The van der Waals surface area contributed by atoms with E-state index in [2.05, 4.69) is 18.8 Å². The Hall–Kier alpha value is -3.27. The van der Waals surface area contributed by atoms with Crippen molar-refractivity contribution >= 4 is 11.9 Å². The summed E-state index contributed by atoms with van der Waals surface area (Å²) in [6, 6.07) is 10.9. The molecule has 38 heavy (non-hydrogen) atoms. The van der Waals surface area contributed by atoms with Gasteiger partial charge in [-0.25, -0.2) is 4.79 Å². The zero-order valence-corrected chi connectivity index (χ0v) is 22.3. The number of carboxylic acid groups (broad SMARTS) is 1. The van der Waals surface area contributed by atoms with E-state index in [1.807, 2.05) is 0 Å². The van der Waals surface area contributed by atoms with Crippen LogP contribution in [0.3, 0.4) is 0 Å². The number of carbonyl (C=O) groups is 2. The second kappa shape index (κ2) is 15.9. The van der Waals surface area contributed by atoms with Crippen molar-refractivity contribution in [1.82, 2.24) is 4.90 Å². The Balaban J connectivity index is 2.07. The molecule has 0 aliphatic rings. The number of hydrogen-bond donors (Lipinski definition) is 1. The molecule has 0 heterocycles. The van der Waals surface area contributed by atoms with Crippen molar-refractivity contribution in [3.63, 3.8) is 0 Å². The number of aliphatic carboxylic acids is 1. The smallest absolute Gasteiger partial charge is 0.416 e. The van der Waals surface area contributed by atoms with Crippen molar-refractivity contribution in [3.05, 3.63) is 70.8 Å². The molecule has 1 amide bonds. The van der Waals surface area contributed by atoms with Crippen LogP contribution in [0.2, 0.25) is 0 Å². The van der Waals surface area contributed by atoms with E-state index in [0.717, 1.165) is 29.4 Å². The molecule has 1 N–H and O–H groups in total. The summed E-state index contributed by atoms with van der Waals surface area (Å²) < 4.78 is 41.0. The van der Waals surface area contributed by atoms with Gasteiger partial charge in [-0.05, 0) is 42.2 Å². The molecule has 7 heteroatoms. The van der Waals surface area contributed by atoms with Gasteiger partial charge >= 0.3 is 18.1 Å². The number of benzene rings is 2. The van der Waals surface area contributed by atoms with Gasteiger partial charge in [-0.2, -0.15) is 13.2 Å². The Kier molecular flexibility index (Phi) is 12.9. The molecule has 1 atom stereocenters. The molecule has 2 aromatic carbocycles. The average Bonchev–Trinajstić information content (AvgIpc) is 2.89. The van der Waals surface area contributed by atoms with Crippen LogP contribution in [0.1, 0.15) is 106 Å². The van der Waals surface area contributed by atoms with E-state index >= 15 is 0 Å². The quantitative estimate of drug-likeness (QED) is 0.162. The highest BCUT2D eigenvalue weighted by atomic mass is 19.4. The molecular weight excluding hydrogens is 491 g/mol. The first-order chi connectivity index (χ1) is 18.2. The van der Waals surface area contributed by atoms with Gasteiger partial charge in [-0.15, -0.1) is 0 Å². The number of alkyl halides is 3. The van der Waals surface area contributed by atoms with Gasteiger partial charge in [0.05, 0.1) is 11.6 Å². The summed E-state index contributed by atoms with van der Waals surface area (Å²) in [5.74, 6) is 3.34. The molecule has 1 unspecified atom stereocenters. The third kappa shape index (κ3) is 9.89. The topological polar surface area (TPSA) is 57.6 Å². The Bertz CT molecular complexity index is 1080. The lowest BCUT2D eigenvalue weighted by Gasteiger charge is -2.32. The van der Waals surface area contributed by atoms with Gasteiger partial charge in [0, 0.05) is 18.5 Å². The first-order valence-corrected chi connectivity index (χ1v) is 13.5. The predicted molar refractivity (Wildman–Crippen MR) is 143 cm³/mol. The van der Waals surface area contributed by atoms with E-state index in [1.54, 1.807) is 31.2 Å². The Morgan fingerprint density at radius 3 is 2.08 bits per heavy atom. The van der Waals surface area contributed by atoms with Crippen LogP contribution in [0, 0.1) is 11.8 Å². The fourth-order valence-corrected chi connectivity index (χ4v) is 4.50. The molecule has 4 nitrogen and oxygen atoms in total. The summed E-state index contributed by atoms with van der Waals surface area (Å²) in [4.78, 5) is 25.1. The zero-order valence-electron chi connectivity index (χ0n) is 22.3. The van der Waals surface area contributed by atoms with E-state index in [4.69, 9.17) is 0 Å². The molecule has 0 saturated heterocycles. The summed E-state index contributed by atoms with van der Waals surface area (Å²) in [6.45, 7) is 3.71. The van der Waals surface area contributed by atoms with Gasteiger partial charge in [0.1, 0.15) is 0 Å². The van der Waals surface area contributed by atoms with Gasteiger partial charge in [0.25, 0.3) is 0 Å². The molecule has 0 bridgehead atoms.